The Hall–Kier alpha value is -4.47. The SMILES string of the molecule is C=C(F)C(=O)N1CCN(c2nc(OC[C@@H]3CC4CCN3C4)nc3c(F)c(-c4cccc5ccc(F)c(Cl)c45)ncc23)C[C@@H]1CC#N. The fourth-order valence-corrected chi connectivity index (χ4v) is 7.31. The van der Waals surface area contributed by atoms with Gasteiger partial charge in [0.05, 0.1) is 28.9 Å². The molecule has 1 amide bonds. The number of rotatable bonds is 7. The average molecular weight is 648 g/mol. The van der Waals surface area contributed by atoms with Crippen LogP contribution < -0.4 is 9.64 Å². The lowest BCUT2D eigenvalue weighted by molar-refractivity contribution is -0.131. The summed E-state index contributed by atoms with van der Waals surface area (Å²) >= 11 is 6.37. The lowest BCUT2D eigenvalue weighted by Gasteiger charge is -2.41. The predicted octanol–water partition coefficient (Wildman–Crippen LogP) is 5.66. The summed E-state index contributed by atoms with van der Waals surface area (Å²) in [4.78, 5) is 31.6. The van der Waals surface area contributed by atoms with Gasteiger partial charge in [-0.05, 0) is 36.8 Å². The molecule has 7 rings (SSSR count). The number of carbonyl (C=O) groups is 1. The van der Waals surface area contributed by atoms with Crippen molar-refractivity contribution in [1.82, 2.24) is 24.8 Å². The molecule has 0 aliphatic carbocycles. The van der Waals surface area contributed by atoms with Crippen LogP contribution in [-0.2, 0) is 4.79 Å². The summed E-state index contributed by atoms with van der Waals surface area (Å²) in [6, 6.07) is 9.47. The number of halogens is 4. The highest BCUT2D eigenvalue weighted by Gasteiger charge is 2.38. The minimum atomic E-state index is -1.11. The molecule has 3 saturated heterocycles. The van der Waals surface area contributed by atoms with Crippen LogP contribution in [0.15, 0.2) is 48.9 Å². The van der Waals surface area contributed by atoms with Gasteiger partial charge < -0.3 is 14.5 Å². The number of benzene rings is 2. The molecule has 4 atom stereocenters. The topological polar surface area (TPSA) is 98.5 Å². The molecule has 46 heavy (non-hydrogen) atoms. The second kappa shape index (κ2) is 12.0. The minimum Gasteiger partial charge on any atom is -0.462 e. The molecule has 0 spiro atoms. The maximum Gasteiger partial charge on any atom is 0.319 e. The Morgan fingerprint density at radius 2 is 1.98 bits per heavy atom. The summed E-state index contributed by atoms with van der Waals surface area (Å²) in [5.74, 6) is -2.44. The van der Waals surface area contributed by atoms with E-state index in [1.54, 1.807) is 29.2 Å². The Balaban J connectivity index is 1.32. The molecule has 9 nitrogen and oxygen atoms in total. The van der Waals surface area contributed by atoms with Gasteiger partial charge in [0.25, 0.3) is 5.91 Å². The number of nitriles is 1. The number of aromatic nitrogens is 3. The lowest BCUT2D eigenvalue weighted by atomic mass is 10.0. The number of piperidine rings is 1. The van der Waals surface area contributed by atoms with Gasteiger partial charge in [-0.15, -0.1) is 0 Å². The van der Waals surface area contributed by atoms with Crippen LogP contribution in [0.3, 0.4) is 0 Å². The van der Waals surface area contributed by atoms with Gasteiger partial charge in [-0.2, -0.15) is 15.2 Å². The second-order valence-corrected chi connectivity index (χ2v) is 12.4. The van der Waals surface area contributed by atoms with E-state index in [1.165, 1.54) is 23.6 Å². The van der Waals surface area contributed by atoms with Gasteiger partial charge in [-0.25, -0.2) is 13.2 Å². The van der Waals surface area contributed by atoms with Crippen LogP contribution in [-0.4, -0.2) is 82.1 Å². The molecule has 3 aliphatic rings. The Kier molecular flexibility index (Phi) is 7.90. The summed E-state index contributed by atoms with van der Waals surface area (Å²) in [6.07, 6.45) is 3.56. The van der Waals surface area contributed by atoms with Crippen molar-refractivity contribution in [3.05, 3.63) is 65.6 Å². The molecule has 4 aromatic rings. The monoisotopic (exact) mass is 647 g/mol. The normalized spacial score (nSPS) is 22.4. The quantitative estimate of drug-likeness (QED) is 0.237. The highest BCUT2D eigenvalue weighted by molar-refractivity contribution is 6.36. The summed E-state index contributed by atoms with van der Waals surface area (Å²) < 4.78 is 51.1. The third kappa shape index (κ3) is 5.27. The van der Waals surface area contributed by atoms with E-state index in [-0.39, 0.29) is 59.7 Å². The summed E-state index contributed by atoms with van der Waals surface area (Å²) in [5, 5.41) is 10.5. The van der Waals surface area contributed by atoms with E-state index in [4.69, 9.17) is 16.3 Å². The zero-order valence-corrected chi connectivity index (χ0v) is 25.5. The van der Waals surface area contributed by atoms with E-state index in [9.17, 15) is 18.8 Å². The number of piperazine rings is 1. The van der Waals surface area contributed by atoms with Gasteiger partial charge in [-0.1, -0.05) is 42.4 Å². The summed E-state index contributed by atoms with van der Waals surface area (Å²) in [6.45, 7) is 5.91. The van der Waals surface area contributed by atoms with Crippen LogP contribution in [0, 0.1) is 28.9 Å². The smallest absolute Gasteiger partial charge is 0.319 e. The van der Waals surface area contributed by atoms with E-state index >= 15 is 4.39 Å². The molecule has 0 N–H and O–H groups in total. The van der Waals surface area contributed by atoms with Crippen molar-refractivity contribution in [3.63, 3.8) is 0 Å². The Morgan fingerprint density at radius 1 is 1.13 bits per heavy atom. The van der Waals surface area contributed by atoms with Gasteiger partial charge in [0.1, 0.15) is 29.5 Å². The van der Waals surface area contributed by atoms with Crippen molar-refractivity contribution in [2.24, 2.45) is 5.92 Å². The number of carbonyl (C=O) groups excluding carboxylic acids is 1. The Bertz CT molecular complexity index is 1940. The highest BCUT2D eigenvalue weighted by atomic mass is 35.5. The van der Waals surface area contributed by atoms with E-state index < -0.39 is 29.4 Å². The van der Waals surface area contributed by atoms with Crippen LogP contribution in [0.1, 0.15) is 19.3 Å². The Morgan fingerprint density at radius 3 is 2.72 bits per heavy atom. The lowest BCUT2D eigenvalue weighted by Crippen LogP contribution is -2.55. The average Bonchev–Trinajstić information content (AvgIpc) is 3.69. The third-order valence-electron chi connectivity index (χ3n) is 9.28. The van der Waals surface area contributed by atoms with Gasteiger partial charge in [-0.3, -0.25) is 14.7 Å². The number of fused-ring (bicyclic) bond motifs is 4. The zero-order valence-electron chi connectivity index (χ0n) is 24.7. The van der Waals surface area contributed by atoms with Crippen molar-refractivity contribution in [1.29, 1.82) is 5.26 Å². The molecule has 2 unspecified atom stereocenters. The molecule has 3 fully saturated rings. The van der Waals surface area contributed by atoms with Gasteiger partial charge in [0.15, 0.2) is 11.6 Å². The molecule has 236 valence electrons. The number of anilines is 1. The van der Waals surface area contributed by atoms with Crippen LogP contribution in [0.2, 0.25) is 5.02 Å². The van der Waals surface area contributed by atoms with Gasteiger partial charge in [0.2, 0.25) is 0 Å². The van der Waals surface area contributed by atoms with Crippen molar-refractivity contribution in [2.75, 3.05) is 44.2 Å². The van der Waals surface area contributed by atoms with Crippen molar-refractivity contribution in [2.45, 2.75) is 31.3 Å². The van der Waals surface area contributed by atoms with Crippen molar-refractivity contribution >= 4 is 45.0 Å². The maximum atomic E-state index is 16.6. The predicted molar refractivity (Wildman–Crippen MR) is 167 cm³/mol. The zero-order chi connectivity index (χ0) is 32.1. The number of nitrogens with zero attached hydrogens (tertiary/aromatic N) is 7. The van der Waals surface area contributed by atoms with Crippen molar-refractivity contribution < 1.29 is 22.7 Å². The van der Waals surface area contributed by atoms with Crippen LogP contribution in [0.4, 0.5) is 19.0 Å². The molecule has 0 radical (unpaired) electrons. The molecule has 2 aromatic carbocycles. The van der Waals surface area contributed by atoms with E-state index in [2.05, 4.69) is 32.5 Å². The molecular weight excluding hydrogens is 619 g/mol. The van der Waals surface area contributed by atoms with E-state index in [1.807, 2.05) is 0 Å². The van der Waals surface area contributed by atoms with Gasteiger partial charge in [0, 0.05) is 49.4 Å². The van der Waals surface area contributed by atoms with Gasteiger partial charge >= 0.3 is 6.01 Å². The molecule has 2 aromatic heterocycles. The summed E-state index contributed by atoms with van der Waals surface area (Å²) in [7, 11) is 0. The first-order valence-corrected chi connectivity index (χ1v) is 15.5. The molecular formula is C33H29ClF3N7O2. The minimum absolute atomic E-state index is 0.0306. The first kappa shape index (κ1) is 30.2. The molecule has 0 saturated carbocycles. The molecule has 13 heteroatoms. The fraction of sp³-hybridized carbons (Fsp3) is 0.364. The molecule has 3 aliphatic heterocycles. The van der Waals surface area contributed by atoms with E-state index in [0.717, 1.165) is 19.5 Å². The number of hydrogen-bond acceptors (Lipinski definition) is 8. The third-order valence-corrected chi connectivity index (χ3v) is 9.65. The van der Waals surface area contributed by atoms with Crippen LogP contribution >= 0.6 is 11.6 Å². The maximum absolute atomic E-state index is 16.6. The molecule has 2 bridgehead atoms. The largest absolute Gasteiger partial charge is 0.462 e. The number of amides is 1. The first-order valence-electron chi connectivity index (χ1n) is 15.1. The summed E-state index contributed by atoms with van der Waals surface area (Å²) in [5.41, 5.74) is 0.168. The highest BCUT2D eigenvalue weighted by Crippen LogP contribution is 2.39. The Labute approximate surface area is 267 Å². The van der Waals surface area contributed by atoms with Crippen molar-refractivity contribution in [3.8, 4) is 23.3 Å². The first-order chi connectivity index (χ1) is 22.2. The fourth-order valence-electron chi connectivity index (χ4n) is 7.04. The number of hydrogen-bond donors (Lipinski definition) is 0. The standard InChI is InChI=1S/C33H29ClF3N7O2/c1-18(35)32(45)44-12-11-43(16-21(44)7-9-38)31-24-14-39-29(23-4-2-3-20-5-6-25(36)27(34)26(20)23)28(37)30(24)40-33(41-31)46-17-22-13-19-8-10-42(22)15-19/h2-6,14,19,21-22H,1,7-8,10-13,15-17H2/t19?,21-,22-/m0/s1. The van der Waals surface area contributed by atoms with E-state index in [0.29, 0.717) is 34.7 Å². The second-order valence-electron chi connectivity index (χ2n) is 12.0. The molecule has 5 heterocycles. The number of pyridine rings is 1. The number of ether oxygens (including phenoxy) is 1. The van der Waals surface area contributed by atoms with Crippen LogP contribution in [0.5, 0.6) is 6.01 Å². The van der Waals surface area contributed by atoms with Crippen LogP contribution in [0.25, 0.3) is 32.9 Å².